The molecule has 1 aromatic carbocycles. The van der Waals surface area contributed by atoms with Crippen LogP contribution >= 0.6 is 27.7 Å². The molecule has 7 nitrogen and oxygen atoms in total. The van der Waals surface area contributed by atoms with Gasteiger partial charge in [0.15, 0.2) is 5.16 Å². The Morgan fingerprint density at radius 1 is 1.48 bits per heavy atom. The van der Waals surface area contributed by atoms with E-state index >= 15 is 0 Å². The van der Waals surface area contributed by atoms with Gasteiger partial charge in [-0.15, -0.1) is 10.2 Å². The predicted molar refractivity (Wildman–Crippen MR) is 83.9 cm³/mol. The van der Waals surface area contributed by atoms with Gasteiger partial charge in [0.2, 0.25) is 0 Å². The predicted octanol–water partition coefficient (Wildman–Crippen LogP) is 2.72. The van der Waals surface area contributed by atoms with Crippen molar-refractivity contribution in [2.75, 3.05) is 0 Å². The summed E-state index contributed by atoms with van der Waals surface area (Å²) in [6.45, 7) is 3.11. The molecule has 21 heavy (non-hydrogen) atoms. The third-order valence-electron chi connectivity index (χ3n) is 2.90. The number of benzene rings is 1. The van der Waals surface area contributed by atoms with Crippen molar-refractivity contribution in [1.82, 2.24) is 14.8 Å². The van der Waals surface area contributed by atoms with Crippen LogP contribution in [0, 0.1) is 10.1 Å². The average molecular weight is 372 g/mol. The first kappa shape index (κ1) is 15.9. The number of non-ortho nitro benzene ring substituents is 1. The minimum Gasteiger partial charge on any atom is -0.324 e. The molecule has 0 amide bonds. The molecule has 2 rings (SSSR count). The van der Waals surface area contributed by atoms with E-state index in [1.54, 1.807) is 6.07 Å². The minimum atomic E-state index is -0.414. The highest BCUT2D eigenvalue weighted by Crippen LogP contribution is 2.29. The molecular formula is C12H14BrN5O2S. The fourth-order valence-corrected chi connectivity index (χ4v) is 3.52. The molecule has 2 aromatic rings. The van der Waals surface area contributed by atoms with Crippen LogP contribution in [-0.2, 0) is 18.8 Å². The van der Waals surface area contributed by atoms with Crippen molar-refractivity contribution in [1.29, 1.82) is 0 Å². The van der Waals surface area contributed by atoms with E-state index in [9.17, 15) is 10.1 Å². The normalized spacial score (nSPS) is 10.8. The zero-order chi connectivity index (χ0) is 15.4. The molecule has 0 spiro atoms. The van der Waals surface area contributed by atoms with Crippen molar-refractivity contribution in [2.24, 2.45) is 5.73 Å². The lowest BCUT2D eigenvalue weighted by Gasteiger charge is -2.07. The Morgan fingerprint density at radius 3 is 2.81 bits per heavy atom. The molecule has 0 radical (unpaired) electrons. The zero-order valence-corrected chi connectivity index (χ0v) is 13.7. The van der Waals surface area contributed by atoms with E-state index in [1.165, 1.54) is 23.9 Å². The van der Waals surface area contributed by atoms with Crippen molar-refractivity contribution < 1.29 is 4.92 Å². The number of nitro benzene ring substituents is 1. The summed E-state index contributed by atoms with van der Waals surface area (Å²) < 4.78 is 2.68. The lowest BCUT2D eigenvalue weighted by atomic mass is 10.2. The number of nitro groups is 1. The Hall–Kier alpha value is -1.45. The van der Waals surface area contributed by atoms with E-state index in [2.05, 4.69) is 26.1 Å². The van der Waals surface area contributed by atoms with Crippen LogP contribution in [0.1, 0.15) is 18.3 Å². The highest BCUT2D eigenvalue weighted by Gasteiger charge is 2.13. The first-order chi connectivity index (χ1) is 10.1. The second-order valence-corrected chi connectivity index (χ2v) is 5.97. The Morgan fingerprint density at radius 2 is 2.24 bits per heavy atom. The molecule has 0 aliphatic rings. The van der Waals surface area contributed by atoms with Gasteiger partial charge < -0.3 is 10.3 Å². The molecule has 0 atom stereocenters. The van der Waals surface area contributed by atoms with Crippen molar-refractivity contribution in [3.8, 4) is 0 Å². The van der Waals surface area contributed by atoms with Crippen LogP contribution in [0.25, 0.3) is 0 Å². The summed E-state index contributed by atoms with van der Waals surface area (Å²) in [6, 6.07) is 4.74. The second kappa shape index (κ2) is 7.01. The fourth-order valence-electron chi connectivity index (χ4n) is 1.80. The standard InChI is InChI=1S/C12H14BrN5O2S/c1-2-17-11(6-14)15-16-12(17)21-7-8-3-4-9(18(19)20)5-10(8)13/h3-5H,2,6-7,14H2,1H3. The summed E-state index contributed by atoms with van der Waals surface area (Å²) in [4.78, 5) is 10.3. The third kappa shape index (κ3) is 3.60. The molecule has 0 fully saturated rings. The summed E-state index contributed by atoms with van der Waals surface area (Å²) in [5.41, 5.74) is 6.64. The molecule has 0 aliphatic heterocycles. The molecule has 0 aliphatic carbocycles. The largest absolute Gasteiger partial charge is 0.324 e. The average Bonchev–Trinajstić information content (AvgIpc) is 2.87. The number of aromatic nitrogens is 3. The summed E-state index contributed by atoms with van der Waals surface area (Å²) >= 11 is 4.89. The third-order valence-corrected chi connectivity index (χ3v) is 4.65. The maximum absolute atomic E-state index is 10.7. The highest BCUT2D eigenvalue weighted by atomic mass is 79.9. The maximum atomic E-state index is 10.7. The van der Waals surface area contributed by atoms with E-state index in [4.69, 9.17) is 5.73 Å². The van der Waals surface area contributed by atoms with Crippen LogP contribution in [0.15, 0.2) is 27.8 Å². The molecule has 9 heteroatoms. The van der Waals surface area contributed by atoms with Crippen LogP contribution in [0.4, 0.5) is 5.69 Å². The van der Waals surface area contributed by atoms with Crippen LogP contribution in [0.5, 0.6) is 0 Å². The lowest BCUT2D eigenvalue weighted by Crippen LogP contribution is -2.08. The van der Waals surface area contributed by atoms with E-state index < -0.39 is 4.92 Å². The second-order valence-electron chi connectivity index (χ2n) is 4.17. The Labute approximate surface area is 134 Å². The van der Waals surface area contributed by atoms with Gasteiger partial charge in [0, 0.05) is 28.9 Å². The van der Waals surface area contributed by atoms with Crippen molar-refractivity contribution in [3.05, 3.63) is 44.2 Å². The number of nitrogens with two attached hydrogens (primary N) is 1. The van der Waals surface area contributed by atoms with Gasteiger partial charge in [-0.3, -0.25) is 10.1 Å². The zero-order valence-electron chi connectivity index (χ0n) is 11.3. The van der Waals surface area contributed by atoms with Gasteiger partial charge in [0.25, 0.3) is 5.69 Å². The van der Waals surface area contributed by atoms with Crippen LogP contribution in [0.2, 0.25) is 0 Å². The number of rotatable bonds is 6. The molecular weight excluding hydrogens is 358 g/mol. The Bertz CT molecular complexity index is 661. The molecule has 0 unspecified atom stereocenters. The maximum Gasteiger partial charge on any atom is 0.270 e. The lowest BCUT2D eigenvalue weighted by molar-refractivity contribution is -0.384. The Balaban J connectivity index is 2.13. The first-order valence-corrected chi connectivity index (χ1v) is 8.02. The van der Waals surface area contributed by atoms with Gasteiger partial charge in [-0.2, -0.15) is 0 Å². The smallest absolute Gasteiger partial charge is 0.270 e. The fraction of sp³-hybridized carbons (Fsp3) is 0.333. The van der Waals surface area contributed by atoms with E-state index in [1.807, 2.05) is 11.5 Å². The quantitative estimate of drug-likeness (QED) is 0.475. The van der Waals surface area contributed by atoms with Crippen molar-refractivity contribution in [2.45, 2.75) is 30.9 Å². The summed E-state index contributed by atoms with van der Waals surface area (Å²) in [6.07, 6.45) is 0. The van der Waals surface area contributed by atoms with Crippen molar-refractivity contribution >= 4 is 33.4 Å². The SMILES string of the molecule is CCn1c(CN)nnc1SCc1ccc([N+](=O)[O-])cc1Br. The number of hydrogen-bond donors (Lipinski definition) is 1. The summed E-state index contributed by atoms with van der Waals surface area (Å²) in [5, 5.41) is 19.7. The Kier molecular flexibility index (Phi) is 5.32. The molecule has 1 heterocycles. The minimum absolute atomic E-state index is 0.0674. The number of nitrogens with zero attached hydrogens (tertiary/aromatic N) is 4. The van der Waals surface area contributed by atoms with Gasteiger partial charge in [-0.05, 0) is 12.5 Å². The van der Waals surface area contributed by atoms with Gasteiger partial charge in [-0.1, -0.05) is 33.8 Å². The molecule has 112 valence electrons. The van der Waals surface area contributed by atoms with E-state index in [0.717, 1.165) is 23.1 Å². The molecule has 2 N–H and O–H groups in total. The van der Waals surface area contributed by atoms with E-state index in [-0.39, 0.29) is 5.69 Å². The molecule has 1 aromatic heterocycles. The monoisotopic (exact) mass is 371 g/mol. The van der Waals surface area contributed by atoms with Crippen LogP contribution in [-0.4, -0.2) is 19.7 Å². The van der Waals surface area contributed by atoms with Gasteiger partial charge in [-0.25, -0.2) is 0 Å². The van der Waals surface area contributed by atoms with Gasteiger partial charge in [0.05, 0.1) is 11.5 Å². The topological polar surface area (TPSA) is 99.9 Å². The number of hydrogen-bond acceptors (Lipinski definition) is 6. The number of thioether (sulfide) groups is 1. The summed E-state index contributed by atoms with van der Waals surface area (Å²) in [5.74, 6) is 1.39. The highest BCUT2D eigenvalue weighted by molar-refractivity contribution is 9.10. The number of halogens is 1. The van der Waals surface area contributed by atoms with Crippen molar-refractivity contribution in [3.63, 3.8) is 0 Å². The first-order valence-electron chi connectivity index (χ1n) is 6.24. The van der Waals surface area contributed by atoms with Gasteiger partial charge in [0.1, 0.15) is 5.82 Å². The van der Waals surface area contributed by atoms with Crippen LogP contribution < -0.4 is 5.73 Å². The molecule has 0 saturated carbocycles. The van der Waals surface area contributed by atoms with Crippen LogP contribution in [0.3, 0.4) is 0 Å². The van der Waals surface area contributed by atoms with Gasteiger partial charge >= 0.3 is 0 Å². The molecule has 0 saturated heterocycles. The molecule has 0 bridgehead atoms. The van der Waals surface area contributed by atoms with E-state index in [0.29, 0.717) is 16.8 Å². The summed E-state index contributed by atoms with van der Waals surface area (Å²) in [7, 11) is 0.